The number of carbonyl (C=O) groups excluding carboxylic acids is 1. The molecular formula is C15H13Cl2NOS. The summed E-state index contributed by atoms with van der Waals surface area (Å²) in [6, 6.07) is 12.5. The van der Waals surface area contributed by atoms with Gasteiger partial charge in [-0.2, -0.15) is 0 Å². The molecule has 0 heterocycles. The molecule has 0 spiro atoms. The monoisotopic (exact) mass is 325 g/mol. The normalized spacial score (nSPS) is 10.3. The highest BCUT2D eigenvalue weighted by atomic mass is 35.5. The minimum atomic E-state index is -0.119. The zero-order valence-electron chi connectivity index (χ0n) is 10.6. The number of hydrogen-bond acceptors (Lipinski definition) is 2. The Balaban J connectivity index is 1.91. The first-order valence-corrected chi connectivity index (χ1v) is 7.28. The van der Waals surface area contributed by atoms with Gasteiger partial charge in [-0.05, 0) is 42.3 Å². The minimum Gasteiger partial charge on any atom is -0.352 e. The van der Waals surface area contributed by atoms with Gasteiger partial charge < -0.3 is 5.32 Å². The van der Waals surface area contributed by atoms with E-state index in [1.165, 1.54) is 0 Å². The molecule has 0 fully saturated rings. The van der Waals surface area contributed by atoms with E-state index in [1.54, 1.807) is 30.3 Å². The average Bonchev–Trinajstić information content (AvgIpc) is 2.41. The molecule has 0 bridgehead atoms. The highest BCUT2D eigenvalue weighted by Crippen LogP contribution is 2.21. The third-order valence-corrected chi connectivity index (χ3v) is 3.67. The Kier molecular flexibility index (Phi) is 5.35. The molecule has 0 aliphatic carbocycles. The van der Waals surface area contributed by atoms with Gasteiger partial charge in [-0.1, -0.05) is 35.3 Å². The molecule has 20 heavy (non-hydrogen) atoms. The van der Waals surface area contributed by atoms with Crippen molar-refractivity contribution in [2.24, 2.45) is 0 Å². The topological polar surface area (TPSA) is 29.1 Å². The van der Waals surface area contributed by atoms with Gasteiger partial charge in [0.2, 0.25) is 0 Å². The number of carbonyl (C=O) groups is 1. The molecule has 0 aromatic heterocycles. The summed E-state index contributed by atoms with van der Waals surface area (Å²) in [5, 5.41) is 4.07. The van der Waals surface area contributed by atoms with Crippen molar-refractivity contribution in [2.75, 3.05) is 6.54 Å². The number of hydrogen-bond donors (Lipinski definition) is 2. The Labute approximate surface area is 133 Å². The lowest BCUT2D eigenvalue weighted by molar-refractivity contribution is 0.0954. The van der Waals surface area contributed by atoms with Gasteiger partial charge in [0.05, 0.1) is 0 Å². The van der Waals surface area contributed by atoms with Crippen molar-refractivity contribution in [3.63, 3.8) is 0 Å². The van der Waals surface area contributed by atoms with Gasteiger partial charge in [-0.15, -0.1) is 12.6 Å². The minimum absolute atomic E-state index is 0.119. The summed E-state index contributed by atoms with van der Waals surface area (Å²) in [6.07, 6.45) is 0.655. The summed E-state index contributed by atoms with van der Waals surface area (Å²) in [6.45, 7) is 0.511. The highest BCUT2D eigenvalue weighted by molar-refractivity contribution is 7.80. The zero-order valence-corrected chi connectivity index (χ0v) is 13.0. The molecular weight excluding hydrogens is 313 g/mol. The van der Waals surface area contributed by atoms with Crippen LogP contribution in [-0.2, 0) is 6.42 Å². The van der Waals surface area contributed by atoms with E-state index in [-0.39, 0.29) is 5.91 Å². The Morgan fingerprint density at radius 1 is 1.15 bits per heavy atom. The summed E-state index contributed by atoms with van der Waals surface area (Å²) in [7, 11) is 0. The van der Waals surface area contributed by atoms with Gasteiger partial charge in [0.25, 0.3) is 5.91 Å². The van der Waals surface area contributed by atoms with E-state index in [0.29, 0.717) is 28.6 Å². The van der Waals surface area contributed by atoms with Crippen LogP contribution in [0, 0.1) is 0 Å². The number of halogens is 2. The SMILES string of the molecule is O=C(NCCc1ccc(Cl)cc1Cl)c1cccc(S)c1. The average molecular weight is 326 g/mol. The molecule has 0 saturated carbocycles. The van der Waals surface area contributed by atoms with Crippen LogP contribution in [0.4, 0.5) is 0 Å². The molecule has 0 atom stereocenters. The number of nitrogens with one attached hydrogen (secondary N) is 1. The van der Waals surface area contributed by atoms with E-state index in [4.69, 9.17) is 23.2 Å². The second-order valence-electron chi connectivity index (χ2n) is 4.29. The number of thiol groups is 1. The highest BCUT2D eigenvalue weighted by Gasteiger charge is 2.06. The van der Waals surface area contributed by atoms with Gasteiger partial charge in [0.1, 0.15) is 0 Å². The van der Waals surface area contributed by atoms with Crippen LogP contribution in [0.1, 0.15) is 15.9 Å². The van der Waals surface area contributed by atoms with Crippen LogP contribution in [0.2, 0.25) is 10.0 Å². The molecule has 0 radical (unpaired) electrons. The van der Waals surface area contributed by atoms with Crippen molar-refractivity contribution >= 4 is 41.7 Å². The lowest BCUT2D eigenvalue weighted by atomic mass is 10.1. The fraction of sp³-hybridized carbons (Fsp3) is 0.133. The number of rotatable bonds is 4. The standard InChI is InChI=1S/C15H13Cl2NOS/c16-12-5-4-10(14(17)9-12)6-7-18-15(19)11-2-1-3-13(20)8-11/h1-5,8-9,20H,6-7H2,(H,18,19). The zero-order chi connectivity index (χ0) is 14.5. The van der Waals surface area contributed by atoms with Crippen molar-refractivity contribution < 1.29 is 4.79 Å². The number of amides is 1. The van der Waals surface area contributed by atoms with E-state index < -0.39 is 0 Å². The first-order valence-electron chi connectivity index (χ1n) is 6.07. The summed E-state index contributed by atoms with van der Waals surface area (Å²) >= 11 is 16.1. The molecule has 5 heteroatoms. The molecule has 2 aromatic rings. The fourth-order valence-corrected chi connectivity index (χ4v) is 2.51. The molecule has 0 aliphatic rings. The first-order chi connectivity index (χ1) is 9.56. The molecule has 1 N–H and O–H groups in total. The van der Waals surface area contributed by atoms with Gasteiger partial charge in [0, 0.05) is 27.0 Å². The van der Waals surface area contributed by atoms with Gasteiger partial charge in [0.15, 0.2) is 0 Å². The third-order valence-electron chi connectivity index (χ3n) is 2.80. The summed E-state index contributed by atoms with van der Waals surface area (Å²) < 4.78 is 0. The van der Waals surface area contributed by atoms with Crippen LogP contribution in [0.5, 0.6) is 0 Å². The van der Waals surface area contributed by atoms with Gasteiger partial charge in [-0.3, -0.25) is 4.79 Å². The maximum Gasteiger partial charge on any atom is 0.251 e. The van der Waals surface area contributed by atoms with E-state index >= 15 is 0 Å². The molecule has 0 unspecified atom stereocenters. The summed E-state index contributed by atoms with van der Waals surface area (Å²) in [5.41, 5.74) is 1.55. The van der Waals surface area contributed by atoms with Crippen LogP contribution < -0.4 is 5.32 Å². The van der Waals surface area contributed by atoms with Crippen LogP contribution >= 0.6 is 35.8 Å². The fourth-order valence-electron chi connectivity index (χ4n) is 1.78. The van der Waals surface area contributed by atoms with Crippen molar-refractivity contribution in [1.82, 2.24) is 5.32 Å². The van der Waals surface area contributed by atoms with Crippen molar-refractivity contribution in [3.8, 4) is 0 Å². The van der Waals surface area contributed by atoms with Crippen LogP contribution in [-0.4, -0.2) is 12.5 Å². The maximum absolute atomic E-state index is 11.9. The van der Waals surface area contributed by atoms with Gasteiger partial charge in [-0.25, -0.2) is 0 Å². The molecule has 1 amide bonds. The predicted molar refractivity (Wildman–Crippen MR) is 86.2 cm³/mol. The van der Waals surface area contributed by atoms with Crippen LogP contribution in [0.25, 0.3) is 0 Å². The third kappa shape index (κ3) is 4.17. The smallest absolute Gasteiger partial charge is 0.251 e. The van der Waals surface area contributed by atoms with E-state index in [2.05, 4.69) is 17.9 Å². The molecule has 0 aliphatic heterocycles. The molecule has 2 rings (SSSR count). The molecule has 2 aromatic carbocycles. The quantitative estimate of drug-likeness (QED) is 0.808. The lowest BCUT2D eigenvalue weighted by Gasteiger charge is -2.07. The Hall–Kier alpha value is -1.16. The van der Waals surface area contributed by atoms with Crippen molar-refractivity contribution in [1.29, 1.82) is 0 Å². The maximum atomic E-state index is 11.9. The second kappa shape index (κ2) is 7.02. The molecule has 2 nitrogen and oxygen atoms in total. The van der Waals surface area contributed by atoms with E-state index in [1.807, 2.05) is 12.1 Å². The molecule has 104 valence electrons. The largest absolute Gasteiger partial charge is 0.352 e. The van der Waals surface area contributed by atoms with Crippen molar-refractivity contribution in [3.05, 3.63) is 63.6 Å². The first kappa shape index (κ1) is 15.2. The summed E-state index contributed by atoms with van der Waals surface area (Å²) in [4.78, 5) is 12.7. The van der Waals surface area contributed by atoms with E-state index in [9.17, 15) is 4.79 Å². The predicted octanol–water partition coefficient (Wildman–Crippen LogP) is 4.25. The Morgan fingerprint density at radius 3 is 2.65 bits per heavy atom. The Morgan fingerprint density at radius 2 is 1.95 bits per heavy atom. The van der Waals surface area contributed by atoms with Gasteiger partial charge >= 0.3 is 0 Å². The number of benzene rings is 2. The van der Waals surface area contributed by atoms with Crippen molar-refractivity contribution in [2.45, 2.75) is 11.3 Å². The Bertz CT molecular complexity index is 631. The van der Waals surface area contributed by atoms with Crippen LogP contribution in [0.15, 0.2) is 47.4 Å². The van der Waals surface area contributed by atoms with Crippen LogP contribution in [0.3, 0.4) is 0 Å². The van der Waals surface area contributed by atoms with E-state index in [0.717, 1.165) is 10.5 Å². The molecule has 0 saturated heterocycles. The lowest BCUT2D eigenvalue weighted by Crippen LogP contribution is -2.25. The second-order valence-corrected chi connectivity index (χ2v) is 5.65. The summed E-state index contributed by atoms with van der Waals surface area (Å²) in [5.74, 6) is -0.119.